The molecule has 82 heavy (non-hydrogen) atoms. The van der Waals surface area contributed by atoms with Crippen LogP contribution in [0, 0.1) is 0 Å². The van der Waals surface area contributed by atoms with Gasteiger partial charge in [0.1, 0.15) is 0 Å². The van der Waals surface area contributed by atoms with E-state index in [4.69, 9.17) is 4.74 Å². The quantitative estimate of drug-likeness (QED) is 0.0320. The Labute approximate surface area is 514 Å². The number of rotatable bonds is 72. The minimum absolute atomic E-state index is 0.0234. The molecule has 0 aliphatic carbocycles. The number of hydrogen-bond acceptors (Lipinski definition) is 5. The zero-order valence-electron chi connectivity index (χ0n) is 56.0. The highest BCUT2D eigenvalue weighted by molar-refractivity contribution is 5.76. The van der Waals surface area contributed by atoms with Crippen LogP contribution in [0.2, 0.25) is 0 Å². The first-order valence-electron chi connectivity index (χ1n) is 38.0. The van der Waals surface area contributed by atoms with Crippen LogP contribution >= 0.6 is 0 Å². The summed E-state index contributed by atoms with van der Waals surface area (Å²) in [4.78, 5) is 24.6. The third-order valence-electron chi connectivity index (χ3n) is 18.1. The number of nitrogens with one attached hydrogen (secondary N) is 1. The first kappa shape index (κ1) is 80.6. The molecule has 0 spiro atoms. The number of aliphatic hydroxyl groups excluding tert-OH is 2. The van der Waals surface area contributed by atoms with Crippen molar-refractivity contribution in [3.8, 4) is 0 Å². The number of amides is 1. The van der Waals surface area contributed by atoms with E-state index in [1.54, 1.807) is 6.08 Å². The molecule has 2 unspecified atom stereocenters. The molecule has 0 aromatic carbocycles. The van der Waals surface area contributed by atoms with Crippen molar-refractivity contribution in [2.75, 3.05) is 13.2 Å². The Morgan fingerprint density at radius 3 is 0.829 bits per heavy atom. The fourth-order valence-corrected chi connectivity index (χ4v) is 12.3. The van der Waals surface area contributed by atoms with E-state index < -0.39 is 12.1 Å². The minimum Gasteiger partial charge on any atom is -0.466 e. The predicted octanol–water partition coefficient (Wildman–Crippen LogP) is 24.7. The van der Waals surface area contributed by atoms with Gasteiger partial charge in [-0.25, -0.2) is 0 Å². The van der Waals surface area contributed by atoms with E-state index in [9.17, 15) is 19.8 Å². The van der Waals surface area contributed by atoms with E-state index in [1.165, 1.54) is 372 Å². The molecular weight excluding hydrogens is 1010 g/mol. The smallest absolute Gasteiger partial charge is 0.305 e. The molecular formula is C76H149NO5. The van der Waals surface area contributed by atoms with Crippen LogP contribution in [0.1, 0.15) is 438 Å². The van der Waals surface area contributed by atoms with Crippen molar-refractivity contribution in [1.82, 2.24) is 5.32 Å². The van der Waals surface area contributed by atoms with Crippen molar-refractivity contribution in [2.24, 2.45) is 0 Å². The highest BCUT2D eigenvalue weighted by Crippen LogP contribution is 2.20. The second kappa shape index (κ2) is 72.1. The Morgan fingerprint density at radius 1 is 0.329 bits per heavy atom. The van der Waals surface area contributed by atoms with Crippen LogP contribution in [0.4, 0.5) is 0 Å². The third kappa shape index (κ3) is 67.7. The van der Waals surface area contributed by atoms with E-state index in [-0.39, 0.29) is 18.5 Å². The lowest BCUT2D eigenvalue weighted by Crippen LogP contribution is -2.45. The average molecular weight is 1160 g/mol. The molecule has 0 aromatic heterocycles. The van der Waals surface area contributed by atoms with Crippen molar-refractivity contribution in [1.29, 1.82) is 0 Å². The van der Waals surface area contributed by atoms with E-state index >= 15 is 0 Å². The van der Waals surface area contributed by atoms with Crippen molar-refractivity contribution >= 4 is 11.9 Å². The number of aliphatic hydroxyl groups is 2. The Hall–Kier alpha value is -1.40. The number of esters is 1. The summed E-state index contributed by atoms with van der Waals surface area (Å²) in [6, 6.07) is -0.626. The maximum Gasteiger partial charge on any atom is 0.305 e. The number of unbranched alkanes of at least 4 members (excludes halogenated alkanes) is 61. The lowest BCUT2D eigenvalue weighted by molar-refractivity contribution is -0.143. The minimum atomic E-state index is -0.843. The summed E-state index contributed by atoms with van der Waals surface area (Å²) in [5.41, 5.74) is 0. The Kier molecular flexibility index (Phi) is 70.8. The normalized spacial score (nSPS) is 12.5. The fraction of sp³-hybridized carbons (Fsp3) is 0.947. The van der Waals surface area contributed by atoms with Gasteiger partial charge in [0.05, 0.1) is 25.4 Å². The number of hydrogen-bond donors (Lipinski definition) is 3. The molecule has 0 radical (unpaired) electrons. The van der Waals surface area contributed by atoms with Gasteiger partial charge in [0, 0.05) is 12.8 Å². The molecule has 1 amide bonds. The van der Waals surface area contributed by atoms with Gasteiger partial charge in [0.25, 0.3) is 0 Å². The number of carbonyl (C=O) groups is 2. The molecule has 0 aromatic rings. The molecule has 0 bridgehead atoms. The van der Waals surface area contributed by atoms with Gasteiger partial charge in [-0.15, -0.1) is 0 Å². The van der Waals surface area contributed by atoms with Gasteiger partial charge < -0.3 is 20.3 Å². The number of allylic oxidation sites excluding steroid dienone is 1. The highest BCUT2D eigenvalue weighted by atomic mass is 16.5. The molecule has 3 N–H and O–H groups in total. The first-order chi connectivity index (χ1) is 40.5. The zero-order valence-corrected chi connectivity index (χ0v) is 56.0. The number of carbonyl (C=O) groups excluding carboxylic acids is 2. The Bertz CT molecular complexity index is 1240. The van der Waals surface area contributed by atoms with Gasteiger partial charge in [-0.05, 0) is 32.1 Å². The van der Waals surface area contributed by atoms with E-state index in [0.717, 1.165) is 38.5 Å². The predicted molar refractivity (Wildman–Crippen MR) is 361 cm³/mol. The largest absolute Gasteiger partial charge is 0.466 e. The third-order valence-corrected chi connectivity index (χ3v) is 18.1. The van der Waals surface area contributed by atoms with E-state index in [0.29, 0.717) is 19.4 Å². The molecule has 0 saturated heterocycles. The summed E-state index contributed by atoms with van der Waals surface area (Å²) in [5, 5.41) is 23.3. The molecule has 6 heteroatoms. The van der Waals surface area contributed by atoms with Crippen LogP contribution in [0.5, 0.6) is 0 Å². The monoisotopic (exact) mass is 1160 g/mol. The summed E-state index contributed by atoms with van der Waals surface area (Å²) < 4.78 is 5.52. The SMILES string of the molecule is CCCCCCCCCCCCCCCCCCCC/C=C/C(O)C(CO)NC(=O)CCCCCCCCCCCCCCCCCCCCCCCCCCCCCOC(=O)CCCCCCCCCCCCCCCCCCCC. The molecule has 0 fully saturated rings. The lowest BCUT2D eigenvalue weighted by atomic mass is 10.0. The van der Waals surface area contributed by atoms with Crippen LogP contribution in [0.25, 0.3) is 0 Å². The van der Waals surface area contributed by atoms with Crippen LogP contribution in [-0.4, -0.2) is 47.4 Å². The summed E-state index contributed by atoms with van der Waals surface area (Å²) in [5.74, 6) is -0.0370. The van der Waals surface area contributed by atoms with Gasteiger partial charge >= 0.3 is 5.97 Å². The molecule has 0 rings (SSSR count). The van der Waals surface area contributed by atoms with Gasteiger partial charge in [-0.2, -0.15) is 0 Å². The summed E-state index contributed by atoms with van der Waals surface area (Å²) >= 11 is 0. The summed E-state index contributed by atoms with van der Waals surface area (Å²) in [6.45, 7) is 4.96. The number of ether oxygens (including phenoxy) is 1. The molecule has 2 atom stereocenters. The average Bonchev–Trinajstić information content (AvgIpc) is 3.48. The second-order valence-corrected chi connectivity index (χ2v) is 26.4. The molecule has 0 aliphatic rings. The standard InChI is InChI=1S/C76H149NO5/c1-3-5-7-9-11-13-15-17-19-21-23-33-36-40-44-48-52-56-60-64-68-74(79)73(72-78)77-75(80)69-65-61-57-53-49-45-41-37-34-31-29-27-25-24-26-28-30-32-35-39-43-47-51-55-59-63-67-71-82-76(81)70-66-62-58-54-50-46-42-38-22-20-18-16-14-12-10-8-6-4-2/h64,68,73-74,78-79H,3-63,65-67,69-72H2,1-2H3,(H,77,80)/b68-64+. The summed E-state index contributed by atoms with van der Waals surface area (Å²) in [7, 11) is 0. The van der Waals surface area contributed by atoms with Crippen molar-refractivity contribution in [3.05, 3.63) is 12.2 Å². The van der Waals surface area contributed by atoms with E-state index in [2.05, 4.69) is 19.2 Å². The maximum atomic E-state index is 12.5. The van der Waals surface area contributed by atoms with Crippen molar-refractivity contribution < 1.29 is 24.5 Å². The zero-order chi connectivity index (χ0) is 59.2. The van der Waals surface area contributed by atoms with Crippen LogP contribution in [0.15, 0.2) is 12.2 Å². The van der Waals surface area contributed by atoms with Crippen molar-refractivity contribution in [3.63, 3.8) is 0 Å². The van der Waals surface area contributed by atoms with Crippen LogP contribution in [-0.2, 0) is 14.3 Å². The van der Waals surface area contributed by atoms with Gasteiger partial charge in [0.2, 0.25) is 5.91 Å². The van der Waals surface area contributed by atoms with Gasteiger partial charge in [-0.1, -0.05) is 405 Å². The van der Waals surface area contributed by atoms with E-state index in [1.807, 2.05) is 6.08 Å². The first-order valence-corrected chi connectivity index (χ1v) is 38.0. The topological polar surface area (TPSA) is 95.9 Å². The Balaban J connectivity index is 3.35. The molecule has 488 valence electrons. The second-order valence-electron chi connectivity index (χ2n) is 26.4. The Morgan fingerprint density at radius 2 is 0.561 bits per heavy atom. The molecule has 0 saturated carbocycles. The summed E-state index contributed by atoms with van der Waals surface area (Å²) in [6.07, 6.45) is 90.3. The molecule has 0 aliphatic heterocycles. The molecule has 6 nitrogen and oxygen atoms in total. The van der Waals surface area contributed by atoms with Gasteiger partial charge in [0.15, 0.2) is 0 Å². The van der Waals surface area contributed by atoms with Crippen LogP contribution in [0.3, 0.4) is 0 Å². The van der Waals surface area contributed by atoms with Crippen LogP contribution < -0.4 is 5.32 Å². The van der Waals surface area contributed by atoms with Crippen molar-refractivity contribution in [2.45, 2.75) is 450 Å². The molecule has 0 heterocycles. The fourth-order valence-electron chi connectivity index (χ4n) is 12.3. The maximum absolute atomic E-state index is 12.5. The highest BCUT2D eigenvalue weighted by Gasteiger charge is 2.18. The lowest BCUT2D eigenvalue weighted by Gasteiger charge is -2.20. The van der Waals surface area contributed by atoms with Gasteiger partial charge in [-0.3, -0.25) is 9.59 Å².